The number of halogens is 1. The minimum atomic E-state index is -0.368. The Bertz CT molecular complexity index is 505. The zero-order valence-corrected chi connectivity index (χ0v) is 12.1. The number of rotatable bonds is 1. The van der Waals surface area contributed by atoms with Crippen molar-refractivity contribution < 1.29 is 9.53 Å². The van der Waals surface area contributed by atoms with E-state index in [1.54, 1.807) is 11.0 Å². The summed E-state index contributed by atoms with van der Waals surface area (Å²) in [5, 5.41) is 0.177. The van der Waals surface area contributed by atoms with E-state index in [0.29, 0.717) is 24.3 Å². The van der Waals surface area contributed by atoms with E-state index < -0.39 is 0 Å². The Labute approximate surface area is 117 Å². The van der Waals surface area contributed by atoms with E-state index in [1.807, 2.05) is 20.8 Å². The van der Waals surface area contributed by atoms with Gasteiger partial charge in [-0.1, -0.05) is 11.6 Å². The fourth-order valence-electron chi connectivity index (χ4n) is 2.39. The van der Waals surface area contributed by atoms with Crippen molar-refractivity contribution in [2.24, 2.45) is 0 Å². The molecule has 104 valence electrons. The van der Waals surface area contributed by atoms with Crippen LogP contribution in [-0.2, 0) is 4.74 Å². The molecule has 1 aromatic rings. The minimum Gasteiger partial charge on any atom is -0.397 e. The quantitative estimate of drug-likeness (QED) is 0.800. The summed E-state index contributed by atoms with van der Waals surface area (Å²) < 4.78 is 5.78. The third-order valence-corrected chi connectivity index (χ3v) is 3.25. The molecule has 1 saturated heterocycles. The van der Waals surface area contributed by atoms with Crippen LogP contribution in [0.4, 0.5) is 5.69 Å². The van der Waals surface area contributed by atoms with Gasteiger partial charge in [-0.05, 0) is 26.8 Å². The van der Waals surface area contributed by atoms with Crippen LogP contribution >= 0.6 is 11.6 Å². The summed E-state index contributed by atoms with van der Waals surface area (Å²) in [7, 11) is 0. The first-order chi connectivity index (χ1) is 8.78. The molecule has 1 unspecified atom stereocenters. The van der Waals surface area contributed by atoms with E-state index in [1.165, 1.54) is 6.20 Å². The first-order valence-corrected chi connectivity index (χ1v) is 6.54. The first-order valence-electron chi connectivity index (χ1n) is 6.16. The van der Waals surface area contributed by atoms with Crippen LogP contribution in [0.2, 0.25) is 5.15 Å². The number of nitrogen functional groups attached to an aromatic ring is 1. The second kappa shape index (κ2) is 4.98. The molecule has 0 aromatic carbocycles. The molecule has 0 spiro atoms. The average Bonchev–Trinajstić information content (AvgIpc) is 2.29. The molecule has 1 aliphatic heterocycles. The number of aromatic nitrogens is 1. The highest BCUT2D eigenvalue weighted by molar-refractivity contribution is 6.32. The van der Waals surface area contributed by atoms with E-state index >= 15 is 0 Å². The van der Waals surface area contributed by atoms with Crippen molar-refractivity contribution in [3.05, 3.63) is 23.0 Å². The van der Waals surface area contributed by atoms with Crippen LogP contribution in [0.25, 0.3) is 0 Å². The summed E-state index contributed by atoms with van der Waals surface area (Å²) >= 11 is 5.97. The maximum Gasteiger partial charge on any atom is 0.257 e. The Morgan fingerprint density at radius 1 is 1.63 bits per heavy atom. The van der Waals surface area contributed by atoms with Crippen LogP contribution in [0.1, 0.15) is 31.1 Å². The molecule has 2 heterocycles. The van der Waals surface area contributed by atoms with Crippen LogP contribution in [0.3, 0.4) is 0 Å². The number of nitrogens with two attached hydrogens (primary N) is 1. The minimum absolute atomic E-state index is 0.0134. The standard InChI is InChI=1S/C13H18ClN3O2/c1-8-6-17(7-13(2,3)19-8)12(18)10-4-9(15)5-16-11(10)14/h4-5,8H,6-7,15H2,1-3H3. The molecule has 0 bridgehead atoms. The second-order valence-corrected chi connectivity index (χ2v) is 5.84. The molecule has 0 radical (unpaired) electrons. The number of amides is 1. The van der Waals surface area contributed by atoms with Crippen LogP contribution in [0, 0.1) is 0 Å². The van der Waals surface area contributed by atoms with Crippen molar-refractivity contribution >= 4 is 23.2 Å². The van der Waals surface area contributed by atoms with Gasteiger partial charge in [0.2, 0.25) is 0 Å². The van der Waals surface area contributed by atoms with Crippen LogP contribution in [0.15, 0.2) is 12.3 Å². The Balaban J connectivity index is 2.26. The molecule has 2 N–H and O–H groups in total. The molecule has 0 saturated carbocycles. The summed E-state index contributed by atoms with van der Waals surface area (Å²) in [5.74, 6) is -0.159. The highest BCUT2D eigenvalue weighted by atomic mass is 35.5. The van der Waals surface area contributed by atoms with Gasteiger partial charge in [0.1, 0.15) is 5.15 Å². The lowest BCUT2D eigenvalue weighted by atomic mass is 10.0. The lowest BCUT2D eigenvalue weighted by Crippen LogP contribution is -2.53. The van der Waals surface area contributed by atoms with Gasteiger partial charge in [-0.2, -0.15) is 0 Å². The molecule has 1 amide bonds. The molecule has 1 aliphatic rings. The van der Waals surface area contributed by atoms with E-state index in [0.717, 1.165) is 0 Å². The van der Waals surface area contributed by atoms with Crippen molar-refractivity contribution in [1.82, 2.24) is 9.88 Å². The number of ether oxygens (including phenoxy) is 1. The SMILES string of the molecule is CC1CN(C(=O)c2cc(N)cnc2Cl)CC(C)(C)O1. The number of hydrogen-bond donors (Lipinski definition) is 1. The van der Waals surface area contributed by atoms with Crippen molar-refractivity contribution in [3.63, 3.8) is 0 Å². The fraction of sp³-hybridized carbons (Fsp3) is 0.538. The van der Waals surface area contributed by atoms with Crippen molar-refractivity contribution in [2.45, 2.75) is 32.5 Å². The van der Waals surface area contributed by atoms with Crippen LogP contribution in [0.5, 0.6) is 0 Å². The molecule has 1 atom stereocenters. The van der Waals surface area contributed by atoms with E-state index in [9.17, 15) is 4.79 Å². The van der Waals surface area contributed by atoms with Gasteiger partial charge in [-0.15, -0.1) is 0 Å². The van der Waals surface area contributed by atoms with Gasteiger partial charge in [0.25, 0.3) is 5.91 Å². The van der Waals surface area contributed by atoms with E-state index in [4.69, 9.17) is 22.1 Å². The second-order valence-electron chi connectivity index (χ2n) is 5.48. The highest BCUT2D eigenvalue weighted by Gasteiger charge is 2.34. The van der Waals surface area contributed by atoms with Gasteiger partial charge in [0.05, 0.1) is 29.2 Å². The molecule has 0 aliphatic carbocycles. The smallest absolute Gasteiger partial charge is 0.257 e. The predicted molar refractivity (Wildman–Crippen MR) is 74.2 cm³/mol. The average molecular weight is 284 g/mol. The van der Waals surface area contributed by atoms with Crippen molar-refractivity contribution in [2.75, 3.05) is 18.8 Å². The molecule has 5 nitrogen and oxygen atoms in total. The normalized spacial score (nSPS) is 22.3. The Hall–Kier alpha value is -1.33. The number of morpholine rings is 1. The summed E-state index contributed by atoms with van der Waals surface area (Å²) in [6, 6.07) is 1.56. The number of nitrogens with zero attached hydrogens (tertiary/aromatic N) is 2. The predicted octanol–water partition coefficient (Wildman–Crippen LogP) is 1.96. The molecule has 6 heteroatoms. The Morgan fingerprint density at radius 3 is 2.95 bits per heavy atom. The monoisotopic (exact) mass is 283 g/mol. The number of pyridine rings is 1. The molecule has 2 rings (SSSR count). The molecule has 19 heavy (non-hydrogen) atoms. The van der Waals surface area contributed by atoms with Gasteiger partial charge in [0, 0.05) is 13.1 Å². The summed E-state index contributed by atoms with van der Waals surface area (Å²) in [5.41, 5.74) is 6.06. The Kier molecular flexibility index (Phi) is 3.69. The summed E-state index contributed by atoms with van der Waals surface area (Å²) in [6.07, 6.45) is 1.42. The van der Waals surface area contributed by atoms with E-state index in [2.05, 4.69) is 4.98 Å². The van der Waals surface area contributed by atoms with E-state index in [-0.39, 0.29) is 22.8 Å². The van der Waals surface area contributed by atoms with Gasteiger partial charge < -0.3 is 15.4 Å². The lowest BCUT2D eigenvalue weighted by molar-refractivity contribution is -0.118. The van der Waals surface area contributed by atoms with Gasteiger partial charge >= 0.3 is 0 Å². The zero-order valence-electron chi connectivity index (χ0n) is 11.3. The maximum absolute atomic E-state index is 12.5. The third kappa shape index (κ3) is 3.16. The lowest BCUT2D eigenvalue weighted by Gasteiger charge is -2.41. The van der Waals surface area contributed by atoms with Crippen molar-refractivity contribution in [3.8, 4) is 0 Å². The largest absolute Gasteiger partial charge is 0.397 e. The maximum atomic E-state index is 12.5. The molecular weight excluding hydrogens is 266 g/mol. The number of anilines is 1. The number of carbonyl (C=O) groups excluding carboxylic acids is 1. The van der Waals surface area contributed by atoms with Crippen molar-refractivity contribution in [1.29, 1.82) is 0 Å². The molecular formula is C13H18ClN3O2. The Morgan fingerprint density at radius 2 is 2.32 bits per heavy atom. The summed E-state index contributed by atoms with van der Waals surface area (Å²) in [6.45, 7) is 6.92. The van der Waals surface area contributed by atoms with Gasteiger partial charge in [0.15, 0.2) is 0 Å². The van der Waals surface area contributed by atoms with Gasteiger partial charge in [-0.3, -0.25) is 4.79 Å². The van der Waals surface area contributed by atoms with Crippen LogP contribution < -0.4 is 5.73 Å². The van der Waals surface area contributed by atoms with Crippen LogP contribution in [-0.4, -0.2) is 40.6 Å². The first kappa shape index (κ1) is 14.1. The van der Waals surface area contributed by atoms with Gasteiger partial charge in [-0.25, -0.2) is 4.98 Å². The highest BCUT2D eigenvalue weighted by Crippen LogP contribution is 2.24. The number of carbonyl (C=O) groups is 1. The molecule has 1 fully saturated rings. The topological polar surface area (TPSA) is 68.5 Å². The summed E-state index contributed by atoms with van der Waals surface area (Å²) in [4.78, 5) is 18.1. The zero-order chi connectivity index (χ0) is 14.2. The number of hydrogen-bond acceptors (Lipinski definition) is 4. The molecule has 1 aromatic heterocycles. The third-order valence-electron chi connectivity index (χ3n) is 2.95. The fourth-order valence-corrected chi connectivity index (χ4v) is 2.58.